The van der Waals surface area contributed by atoms with E-state index in [9.17, 15) is 14.4 Å². The fraction of sp³-hybridized carbons (Fsp3) is 0.235. The summed E-state index contributed by atoms with van der Waals surface area (Å²) in [4.78, 5) is 35.7. The molecule has 0 radical (unpaired) electrons. The van der Waals surface area contributed by atoms with Crippen LogP contribution in [0, 0.1) is 0 Å². The van der Waals surface area contributed by atoms with Crippen LogP contribution in [0.2, 0.25) is 5.02 Å². The van der Waals surface area contributed by atoms with Crippen molar-refractivity contribution < 1.29 is 23.5 Å². The number of nitrogens with one attached hydrogen (secondary N) is 2. The standard InChI is InChI=1S/C17H16BrClN2O5/c1-25-16(23)8-12(10-4-2-3-5-11(10)19)21-15(22)9-20-17(24)13-6-7-14(18)26-13/h2-7,12H,8-9H2,1H3,(H,20,24)(H,21,22). The summed E-state index contributed by atoms with van der Waals surface area (Å²) >= 11 is 9.24. The smallest absolute Gasteiger partial charge is 0.307 e. The third-order valence-electron chi connectivity index (χ3n) is 3.42. The molecule has 138 valence electrons. The Morgan fingerprint density at radius 2 is 1.96 bits per heavy atom. The first kappa shape index (κ1) is 20.0. The molecule has 1 aromatic carbocycles. The SMILES string of the molecule is COC(=O)CC(NC(=O)CNC(=O)c1ccc(Br)o1)c1ccccc1Cl. The second-order valence-corrected chi connectivity index (χ2v) is 6.40. The van der Waals surface area contributed by atoms with Crippen LogP contribution in [0.1, 0.15) is 28.6 Å². The van der Waals surface area contributed by atoms with Gasteiger partial charge >= 0.3 is 5.97 Å². The van der Waals surface area contributed by atoms with E-state index in [1.165, 1.54) is 13.2 Å². The van der Waals surface area contributed by atoms with Crippen LogP contribution in [-0.4, -0.2) is 31.4 Å². The van der Waals surface area contributed by atoms with Crippen LogP contribution in [0.5, 0.6) is 0 Å². The second-order valence-electron chi connectivity index (χ2n) is 5.21. The molecule has 2 N–H and O–H groups in total. The number of carbonyl (C=O) groups excluding carboxylic acids is 3. The van der Waals surface area contributed by atoms with Gasteiger partial charge in [0.15, 0.2) is 10.4 Å². The van der Waals surface area contributed by atoms with Gasteiger partial charge in [0.05, 0.1) is 26.1 Å². The quantitative estimate of drug-likeness (QED) is 0.641. The maximum absolute atomic E-state index is 12.2. The van der Waals surface area contributed by atoms with Crippen LogP contribution in [0.3, 0.4) is 0 Å². The van der Waals surface area contributed by atoms with Gasteiger partial charge in [0, 0.05) is 5.02 Å². The summed E-state index contributed by atoms with van der Waals surface area (Å²) in [5.41, 5.74) is 0.578. The van der Waals surface area contributed by atoms with Gasteiger partial charge in [0.25, 0.3) is 5.91 Å². The summed E-state index contributed by atoms with van der Waals surface area (Å²) in [6, 6.07) is 9.20. The maximum Gasteiger partial charge on any atom is 0.307 e. The zero-order valence-electron chi connectivity index (χ0n) is 13.8. The monoisotopic (exact) mass is 442 g/mol. The molecule has 0 fully saturated rings. The highest BCUT2D eigenvalue weighted by molar-refractivity contribution is 9.10. The number of hydrogen-bond donors (Lipinski definition) is 2. The zero-order valence-corrected chi connectivity index (χ0v) is 16.1. The largest absolute Gasteiger partial charge is 0.469 e. The van der Waals surface area contributed by atoms with Crippen LogP contribution in [-0.2, 0) is 14.3 Å². The molecule has 0 aliphatic heterocycles. The molecule has 1 unspecified atom stereocenters. The number of ether oxygens (including phenoxy) is 1. The highest BCUT2D eigenvalue weighted by Crippen LogP contribution is 2.25. The number of benzene rings is 1. The van der Waals surface area contributed by atoms with E-state index in [1.807, 2.05) is 0 Å². The highest BCUT2D eigenvalue weighted by atomic mass is 79.9. The van der Waals surface area contributed by atoms with Crippen LogP contribution >= 0.6 is 27.5 Å². The van der Waals surface area contributed by atoms with E-state index in [1.54, 1.807) is 30.3 Å². The van der Waals surface area contributed by atoms with E-state index >= 15 is 0 Å². The first-order valence-electron chi connectivity index (χ1n) is 7.55. The van der Waals surface area contributed by atoms with Crippen LogP contribution in [0.15, 0.2) is 45.5 Å². The van der Waals surface area contributed by atoms with Gasteiger partial charge < -0.3 is 19.8 Å². The van der Waals surface area contributed by atoms with Gasteiger partial charge in [0.1, 0.15) is 0 Å². The Balaban J connectivity index is 2.00. The van der Waals surface area contributed by atoms with Crippen molar-refractivity contribution in [1.29, 1.82) is 0 Å². The number of hydrogen-bond acceptors (Lipinski definition) is 5. The van der Waals surface area contributed by atoms with Crippen molar-refractivity contribution in [2.75, 3.05) is 13.7 Å². The van der Waals surface area contributed by atoms with Crippen molar-refractivity contribution in [1.82, 2.24) is 10.6 Å². The molecule has 2 aromatic rings. The van der Waals surface area contributed by atoms with Crippen molar-refractivity contribution in [3.05, 3.63) is 57.4 Å². The minimum absolute atomic E-state index is 0.0712. The summed E-state index contributed by atoms with van der Waals surface area (Å²) in [7, 11) is 1.26. The fourth-order valence-corrected chi connectivity index (χ4v) is 2.75. The first-order valence-corrected chi connectivity index (χ1v) is 8.72. The average molecular weight is 444 g/mol. The first-order chi connectivity index (χ1) is 12.4. The van der Waals surface area contributed by atoms with E-state index in [2.05, 4.69) is 31.3 Å². The third-order valence-corrected chi connectivity index (χ3v) is 4.19. The van der Waals surface area contributed by atoms with Crippen molar-refractivity contribution in [3.8, 4) is 0 Å². The van der Waals surface area contributed by atoms with Gasteiger partial charge in [-0.25, -0.2) is 0 Å². The predicted molar refractivity (Wildman–Crippen MR) is 97.7 cm³/mol. The molecule has 0 saturated heterocycles. The Morgan fingerprint density at radius 1 is 1.23 bits per heavy atom. The molecule has 1 aromatic heterocycles. The van der Waals surface area contributed by atoms with Gasteiger partial charge in [-0.15, -0.1) is 0 Å². The molecule has 9 heteroatoms. The molecular weight excluding hydrogens is 428 g/mol. The van der Waals surface area contributed by atoms with Crippen LogP contribution < -0.4 is 10.6 Å². The van der Waals surface area contributed by atoms with E-state index in [-0.39, 0.29) is 18.7 Å². The number of rotatable bonds is 7. The second kappa shape index (κ2) is 9.40. The van der Waals surface area contributed by atoms with Crippen LogP contribution in [0.4, 0.5) is 0 Å². The van der Waals surface area contributed by atoms with Gasteiger partial charge in [-0.3, -0.25) is 14.4 Å². The Morgan fingerprint density at radius 3 is 2.58 bits per heavy atom. The van der Waals surface area contributed by atoms with Crippen molar-refractivity contribution >= 4 is 45.3 Å². The summed E-state index contributed by atoms with van der Waals surface area (Å²) in [5, 5.41) is 5.52. The van der Waals surface area contributed by atoms with Crippen molar-refractivity contribution in [3.63, 3.8) is 0 Å². The number of carbonyl (C=O) groups is 3. The molecule has 1 heterocycles. The summed E-state index contributed by atoms with van der Waals surface area (Å²) in [6.45, 7) is -0.292. The Hall–Kier alpha value is -2.32. The van der Waals surface area contributed by atoms with Gasteiger partial charge in [-0.2, -0.15) is 0 Å². The minimum atomic E-state index is -0.682. The minimum Gasteiger partial charge on any atom is -0.469 e. The van der Waals surface area contributed by atoms with E-state index in [0.717, 1.165) is 0 Å². The molecule has 26 heavy (non-hydrogen) atoms. The summed E-state index contributed by atoms with van der Waals surface area (Å²) < 4.78 is 10.2. The number of amides is 2. The number of halogens is 2. The van der Waals surface area contributed by atoms with Gasteiger partial charge in [-0.05, 0) is 39.7 Å². The topological polar surface area (TPSA) is 97.6 Å². The predicted octanol–water partition coefficient (Wildman–Crippen LogP) is 2.85. The maximum atomic E-state index is 12.2. The molecule has 7 nitrogen and oxygen atoms in total. The molecule has 2 amide bonds. The summed E-state index contributed by atoms with van der Waals surface area (Å²) in [5.74, 6) is -1.45. The molecular formula is C17H16BrClN2O5. The van der Waals surface area contributed by atoms with Gasteiger partial charge in [-0.1, -0.05) is 29.8 Å². The fourth-order valence-electron chi connectivity index (χ4n) is 2.18. The summed E-state index contributed by atoms with van der Waals surface area (Å²) in [6.07, 6.45) is -0.0922. The van der Waals surface area contributed by atoms with Gasteiger partial charge in [0.2, 0.25) is 5.91 Å². The lowest BCUT2D eigenvalue weighted by Crippen LogP contribution is -2.39. The molecule has 0 aliphatic rings. The van der Waals surface area contributed by atoms with E-state index < -0.39 is 23.8 Å². The third kappa shape index (κ3) is 5.60. The normalized spacial score (nSPS) is 11.5. The Labute approximate surface area is 163 Å². The number of furan rings is 1. The molecule has 0 aliphatic carbocycles. The van der Waals surface area contributed by atoms with Crippen molar-refractivity contribution in [2.24, 2.45) is 0 Å². The molecule has 0 bridgehead atoms. The lowest BCUT2D eigenvalue weighted by molar-refractivity contribution is -0.141. The van der Waals surface area contributed by atoms with E-state index in [0.29, 0.717) is 15.3 Å². The number of methoxy groups -OCH3 is 1. The number of esters is 1. The van der Waals surface area contributed by atoms with Crippen molar-refractivity contribution in [2.45, 2.75) is 12.5 Å². The Kier molecular flexibility index (Phi) is 7.23. The van der Waals surface area contributed by atoms with E-state index in [4.69, 9.17) is 16.0 Å². The zero-order chi connectivity index (χ0) is 19.1. The molecule has 0 spiro atoms. The molecule has 1 atom stereocenters. The Bertz CT molecular complexity index is 808. The lowest BCUT2D eigenvalue weighted by atomic mass is 10.0. The average Bonchev–Trinajstić information content (AvgIpc) is 3.06. The van der Waals surface area contributed by atoms with Crippen LogP contribution in [0.25, 0.3) is 0 Å². The highest BCUT2D eigenvalue weighted by Gasteiger charge is 2.21. The molecule has 2 rings (SSSR count). The molecule has 0 saturated carbocycles. The lowest BCUT2D eigenvalue weighted by Gasteiger charge is -2.19.